The molecule has 4 aromatic rings. The van der Waals surface area contributed by atoms with Gasteiger partial charge in [-0.25, -0.2) is 9.07 Å². The summed E-state index contributed by atoms with van der Waals surface area (Å²) in [5, 5.41) is 15.2. The van der Waals surface area contributed by atoms with Crippen molar-refractivity contribution in [3.63, 3.8) is 0 Å². The van der Waals surface area contributed by atoms with Gasteiger partial charge in [0.2, 0.25) is 0 Å². The van der Waals surface area contributed by atoms with E-state index in [9.17, 15) is 9.50 Å². The summed E-state index contributed by atoms with van der Waals surface area (Å²) in [6.45, 7) is 2.77. The van der Waals surface area contributed by atoms with E-state index in [0.717, 1.165) is 40.2 Å². The van der Waals surface area contributed by atoms with Crippen molar-refractivity contribution in [3.8, 4) is 11.4 Å². The molecule has 162 valence electrons. The highest BCUT2D eigenvalue weighted by molar-refractivity contribution is 5.41. The third kappa shape index (κ3) is 4.39. The van der Waals surface area contributed by atoms with Crippen LogP contribution in [0.5, 0.6) is 5.75 Å². The van der Waals surface area contributed by atoms with Gasteiger partial charge in [-0.05, 0) is 48.0 Å². The number of nitrogens with zero attached hydrogens (tertiary/aromatic N) is 4. The highest BCUT2D eigenvalue weighted by Crippen LogP contribution is 2.29. The minimum absolute atomic E-state index is 0.266. The molecule has 1 unspecified atom stereocenters. The van der Waals surface area contributed by atoms with Crippen LogP contribution in [-0.4, -0.2) is 37.9 Å². The highest BCUT2D eigenvalue weighted by Gasteiger charge is 2.19. The van der Waals surface area contributed by atoms with Crippen LogP contribution in [0.4, 0.5) is 4.39 Å². The summed E-state index contributed by atoms with van der Waals surface area (Å²) >= 11 is 0. The van der Waals surface area contributed by atoms with Crippen LogP contribution in [-0.2, 0) is 13.1 Å². The third-order valence-corrected chi connectivity index (χ3v) is 5.59. The summed E-state index contributed by atoms with van der Waals surface area (Å²) in [7, 11) is 0. The largest absolute Gasteiger partial charge is 0.492 e. The number of aromatic nitrogens is 3. The molecular weight excluding hydrogens is 407 g/mol. The molecule has 2 aromatic carbocycles. The van der Waals surface area contributed by atoms with Gasteiger partial charge >= 0.3 is 0 Å². The SMILES string of the molecule is OC(c1cccnc1)c1ccc2c(c1)CN(Cc1cnn(-c3ccc(F)cc3)c1)CCO2. The standard InChI is InChI=1S/C25H23FN4O2/c26-22-4-6-23(7-5-22)30-16-18(13-28-30)15-29-10-11-32-24-8-3-19(12-21(24)17-29)25(31)20-2-1-9-27-14-20/h1-9,12-14,16,25,31H,10-11,15,17H2. The first kappa shape index (κ1) is 20.4. The summed E-state index contributed by atoms with van der Waals surface area (Å²) in [6.07, 6.45) is 6.43. The van der Waals surface area contributed by atoms with Gasteiger partial charge in [0.25, 0.3) is 0 Å². The Hall–Kier alpha value is -3.55. The Morgan fingerprint density at radius 1 is 1.06 bits per heavy atom. The Labute approximate surface area is 185 Å². The number of hydrogen-bond donors (Lipinski definition) is 1. The van der Waals surface area contributed by atoms with E-state index < -0.39 is 6.10 Å². The summed E-state index contributed by atoms with van der Waals surface area (Å²) < 4.78 is 20.9. The van der Waals surface area contributed by atoms with Crippen LogP contribution in [0.15, 0.2) is 79.4 Å². The van der Waals surface area contributed by atoms with Crippen LogP contribution in [0.25, 0.3) is 5.69 Å². The predicted molar refractivity (Wildman–Crippen MR) is 118 cm³/mol. The lowest BCUT2D eigenvalue weighted by Crippen LogP contribution is -2.25. The number of rotatable bonds is 5. The lowest BCUT2D eigenvalue weighted by atomic mass is 10.00. The fourth-order valence-electron chi connectivity index (χ4n) is 3.94. The number of halogens is 1. The zero-order valence-electron chi connectivity index (χ0n) is 17.4. The van der Waals surface area contributed by atoms with Gasteiger partial charge in [0.15, 0.2) is 0 Å². The smallest absolute Gasteiger partial charge is 0.123 e. The molecule has 7 heteroatoms. The van der Waals surface area contributed by atoms with E-state index in [2.05, 4.69) is 15.0 Å². The van der Waals surface area contributed by atoms with Gasteiger partial charge in [-0.1, -0.05) is 12.1 Å². The summed E-state index contributed by atoms with van der Waals surface area (Å²) in [4.78, 5) is 6.39. The normalized spacial score (nSPS) is 14.9. The van der Waals surface area contributed by atoms with Crippen molar-refractivity contribution < 1.29 is 14.2 Å². The molecule has 1 N–H and O–H groups in total. The number of fused-ring (bicyclic) bond motifs is 1. The Bertz CT molecular complexity index is 1190. The van der Waals surface area contributed by atoms with Gasteiger partial charge in [0, 0.05) is 54.9 Å². The molecule has 1 aliphatic heterocycles. The van der Waals surface area contributed by atoms with Gasteiger partial charge in [0.05, 0.1) is 11.9 Å². The van der Waals surface area contributed by atoms with Crippen molar-refractivity contribution in [2.24, 2.45) is 0 Å². The topological polar surface area (TPSA) is 63.4 Å². The Morgan fingerprint density at radius 2 is 1.94 bits per heavy atom. The van der Waals surface area contributed by atoms with Crippen molar-refractivity contribution >= 4 is 0 Å². The number of pyridine rings is 1. The molecule has 0 fully saturated rings. The van der Waals surface area contributed by atoms with Gasteiger partial charge in [-0.3, -0.25) is 9.88 Å². The van der Waals surface area contributed by atoms with Gasteiger partial charge in [-0.2, -0.15) is 5.10 Å². The molecule has 6 nitrogen and oxygen atoms in total. The monoisotopic (exact) mass is 430 g/mol. The van der Waals surface area contributed by atoms with E-state index >= 15 is 0 Å². The maximum Gasteiger partial charge on any atom is 0.123 e. The zero-order valence-corrected chi connectivity index (χ0v) is 17.4. The van der Waals surface area contributed by atoms with E-state index in [0.29, 0.717) is 19.7 Å². The predicted octanol–water partition coefficient (Wildman–Crippen LogP) is 3.88. The summed E-state index contributed by atoms with van der Waals surface area (Å²) in [5.41, 5.74) is 4.48. The summed E-state index contributed by atoms with van der Waals surface area (Å²) in [5.74, 6) is 0.578. The number of aliphatic hydroxyl groups is 1. The Balaban J connectivity index is 1.32. The van der Waals surface area contributed by atoms with Gasteiger partial charge < -0.3 is 9.84 Å². The first-order valence-corrected chi connectivity index (χ1v) is 10.5. The van der Waals surface area contributed by atoms with Crippen LogP contribution in [0.2, 0.25) is 0 Å². The maximum atomic E-state index is 13.2. The second kappa shape index (κ2) is 8.90. The van der Waals surface area contributed by atoms with Crippen molar-refractivity contribution in [3.05, 3.63) is 107 Å². The molecule has 0 saturated carbocycles. The zero-order chi connectivity index (χ0) is 21.9. The molecule has 5 rings (SSSR count). The minimum atomic E-state index is -0.736. The van der Waals surface area contributed by atoms with Crippen LogP contribution in [0, 0.1) is 5.82 Å². The second-order valence-corrected chi connectivity index (χ2v) is 7.88. The van der Waals surface area contributed by atoms with E-state index in [1.165, 1.54) is 12.1 Å². The molecule has 2 aromatic heterocycles. The van der Waals surface area contributed by atoms with Crippen LogP contribution < -0.4 is 4.74 Å². The first-order chi connectivity index (χ1) is 15.7. The van der Waals surface area contributed by atoms with Crippen molar-refractivity contribution in [1.29, 1.82) is 0 Å². The number of aliphatic hydroxyl groups excluding tert-OH is 1. The van der Waals surface area contributed by atoms with Gasteiger partial charge in [-0.15, -0.1) is 0 Å². The molecule has 0 spiro atoms. The third-order valence-electron chi connectivity index (χ3n) is 5.59. The average Bonchev–Trinajstić information content (AvgIpc) is 3.19. The minimum Gasteiger partial charge on any atom is -0.492 e. The molecule has 1 atom stereocenters. The molecular formula is C25H23FN4O2. The maximum absolute atomic E-state index is 13.2. The van der Waals surface area contributed by atoms with Crippen LogP contribution in [0.3, 0.4) is 0 Å². The fraction of sp³-hybridized carbons (Fsp3) is 0.200. The van der Waals surface area contributed by atoms with E-state index in [1.807, 2.05) is 42.7 Å². The second-order valence-electron chi connectivity index (χ2n) is 7.88. The molecule has 0 saturated heterocycles. The van der Waals surface area contributed by atoms with E-state index in [-0.39, 0.29) is 5.82 Å². The number of benzene rings is 2. The lowest BCUT2D eigenvalue weighted by molar-refractivity contribution is 0.218. The molecule has 0 amide bonds. The number of ether oxygens (including phenoxy) is 1. The highest BCUT2D eigenvalue weighted by atomic mass is 19.1. The van der Waals surface area contributed by atoms with Crippen LogP contribution in [0.1, 0.15) is 28.4 Å². The van der Waals surface area contributed by atoms with E-state index in [4.69, 9.17) is 4.74 Å². The van der Waals surface area contributed by atoms with Crippen molar-refractivity contribution in [2.45, 2.75) is 19.2 Å². The summed E-state index contributed by atoms with van der Waals surface area (Å²) in [6, 6.07) is 15.8. The van der Waals surface area contributed by atoms with Crippen LogP contribution >= 0.6 is 0 Å². The molecule has 0 aliphatic carbocycles. The quantitative estimate of drug-likeness (QED) is 0.521. The molecule has 32 heavy (non-hydrogen) atoms. The molecule has 3 heterocycles. The average molecular weight is 430 g/mol. The first-order valence-electron chi connectivity index (χ1n) is 10.5. The van der Waals surface area contributed by atoms with Crippen molar-refractivity contribution in [1.82, 2.24) is 19.7 Å². The Morgan fingerprint density at radius 3 is 2.75 bits per heavy atom. The van der Waals surface area contributed by atoms with E-state index in [1.54, 1.807) is 29.2 Å². The van der Waals surface area contributed by atoms with Crippen molar-refractivity contribution in [2.75, 3.05) is 13.2 Å². The molecule has 0 bridgehead atoms. The fourth-order valence-corrected chi connectivity index (χ4v) is 3.94. The molecule has 0 radical (unpaired) electrons. The molecule has 1 aliphatic rings. The lowest BCUT2D eigenvalue weighted by Gasteiger charge is -2.19. The number of hydrogen-bond acceptors (Lipinski definition) is 5. The van der Waals surface area contributed by atoms with Gasteiger partial charge in [0.1, 0.15) is 24.3 Å². The Kier molecular flexibility index (Phi) is 5.66.